The molecule has 4 aromatic rings. The van der Waals surface area contributed by atoms with Gasteiger partial charge in [-0.1, -0.05) is 17.3 Å². The van der Waals surface area contributed by atoms with Crippen molar-refractivity contribution in [3.63, 3.8) is 0 Å². The smallest absolute Gasteiger partial charge is 0.221 e. The first kappa shape index (κ1) is 19.2. The van der Waals surface area contributed by atoms with Crippen molar-refractivity contribution >= 4 is 17.1 Å². The van der Waals surface area contributed by atoms with Crippen LogP contribution in [0, 0.1) is 0 Å². The minimum atomic E-state index is 0.00281. The number of amides is 1. The molecular weight excluding hydrogens is 396 g/mol. The van der Waals surface area contributed by atoms with E-state index in [4.69, 9.17) is 4.74 Å². The van der Waals surface area contributed by atoms with Crippen molar-refractivity contribution in [2.24, 2.45) is 0 Å². The van der Waals surface area contributed by atoms with Gasteiger partial charge in [-0.05, 0) is 30.5 Å². The van der Waals surface area contributed by atoms with Gasteiger partial charge in [-0.2, -0.15) is 9.78 Å². The third-order valence-corrected chi connectivity index (χ3v) is 5.12. The highest BCUT2D eigenvalue weighted by Crippen LogP contribution is 2.17. The average Bonchev–Trinajstić information content (AvgIpc) is 3.42. The number of ether oxygens (including phenoxy) is 1. The van der Waals surface area contributed by atoms with Gasteiger partial charge in [0, 0.05) is 25.9 Å². The number of carbonyl (C=O) groups excluding carboxylic acids is 1. The molecule has 0 saturated heterocycles. The Morgan fingerprint density at radius 2 is 2.00 bits per heavy atom. The topological polar surface area (TPSA) is 113 Å². The van der Waals surface area contributed by atoms with E-state index in [-0.39, 0.29) is 5.91 Å². The Balaban J connectivity index is 1.46. The fourth-order valence-electron chi connectivity index (χ4n) is 3.44. The number of nitrogens with one attached hydrogen (secondary N) is 1. The normalized spacial score (nSPS) is 15.4. The van der Waals surface area contributed by atoms with Gasteiger partial charge < -0.3 is 10.1 Å². The number of carbonyl (C=O) groups is 1. The SMILES string of the molecule is O=C1CCn2cc(cn2)-n2nnc3cnc(nc32)Cc2ccc(cc2)OCCCCN1. The van der Waals surface area contributed by atoms with Gasteiger partial charge in [-0.15, -0.1) is 5.10 Å². The summed E-state index contributed by atoms with van der Waals surface area (Å²) in [4.78, 5) is 21.2. The summed E-state index contributed by atoms with van der Waals surface area (Å²) >= 11 is 0. The van der Waals surface area contributed by atoms with Crippen LogP contribution in [0.25, 0.3) is 16.9 Å². The number of nitrogens with zero attached hydrogens (tertiary/aromatic N) is 7. The van der Waals surface area contributed by atoms with Gasteiger partial charge in [0.05, 0.1) is 25.2 Å². The van der Waals surface area contributed by atoms with E-state index in [0.717, 1.165) is 29.8 Å². The highest BCUT2D eigenvalue weighted by atomic mass is 16.5. The summed E-state index contributed by atoms with van der Waals surface area (Å²) in [6.45, 7) is 1.73. The summed E-state index contributed by atoms with van der Waals surface area (Å²) in [5.74, 6) is 1.51. The maximum atomic E-state index is 12.1. The molecule has 0 saturated carbocycles. The highest BCUT2D eigenvalue weighted by molar-refractivity contribution is 5.75. The van der Waals surface area contributed by atoms with Crippen LogP contribution in [0.15, 0.2) is 42.9 Å². The lowest BCUT2D eigenvalue weighted by molar-refractivity contribution is -0.121. The Bertz CT molecular complexity index is 1200. The van der Waals surface area contributed by atoms with E-state index in [1.807, 2.05) is 30.5 Å². The molecule has 31 heavy (non-hydrogen) atoms. The molecule has 0 radical (unpaired) electrons. The van der Waals surface area contributed by atoms with Crippen LogP contribution in [0.5, 0.6) is 5.75 Å². The van der Waals surface area contributed by atoms with E-state index < -0.39 is 0 Å². The van der Waals surface area contributed by atoms with Gasteiger partial charge in [-0.3, -0.25) is 9.48 Å². The van der Waals surface area contributed by atoms with Crippen molar-refractivity contribution in [3.05, 3.63) is 54.2 Å². The number of aromatic nitrogens is 7. The lowest BCUT2D eigenvalue weighted by atomic mass is 10.1. The standard InChI is InChI=1S/C21H22N8O2/c30-20-7-9-28-14-16(12-24-28)29-21-18(26-27-29)13-23-19(25-21)11-15-3-5-17(6-4-15)31-10-2-1-8-22-20/h3-6,12-14H,1-2,7-11H2,(H,22,30). The van der Waals surface area contributed by atoms with Gasteiger partial charge in [-0.25, -0.2) is 9.97 Å². The minimum absolute atomic E-state index is 0.00281. The van der Waals surface area contributed by atoms with Gasteiger partial charge >= 0.3 is 0 Å². The van der Waals surface area contributed by atoms with Crippen LogP contribution in [-0.2, 0) is 17.8 Å². The Kier molecular flexibility index (Phi) is 5.26. The van der Waals surface area contributed by atoms with E-state index in [9.17, 15) is 4.79 Å². The lowest BCUT2D eigenvalue weighted by Gasteiger charge is -2.08. The third-order valence-electron chi connectivity index (χ3n) is 5.12. The minimum Gasteiger partial charge on any atom is -0.494 e. The molecule has 0 aliphatic carbocycles. The molecule has 0 fully saturated rings. The molecule has 6 rings (SSSR count). The van der Waals surface area contributed by atoms with E-state index in [0.29, 0.717) is 49.5 Å². The number of benzene rings is 1. The molecule has 1 amide bonds. The maximum Gasteiger partial charge on any atom is 0.221 e. The maximum absolute atomic E-state index is 12.1. The third kappa shape index (κ3) is 4.37. The van der Waals surface area contributed by atoms with Crippen molar-refractivity contribution in [2.45, 2.75) is 32.2 Å². The monoisotopic (exact) mass is 418 g/mol. The largest absolute Gasteiger partial charge is 0.494 e. The zero-order valence-corrected chi connectivity index (χ0v) is 16.9. The van der Waals surface area contributed by atoms with Gasteiger partial charge in [0.2, 0.25) is 5.91 Å². The molecule has 1 aromatic carbocycles. The average molecular weight is 418 g/mol. The van der Waals surface area contributed by atoms with Crippen molar-refractivity contribution < 1.29 is 9.53 Å². The summed E-state index contributed by atoms with van der Waals surface area (Å²) in [5, 5.41) is 15.7. The van der Waals surface area contributed by atoms with E-state index in [1.54, 1.807) is 21.8 Å². The van der Waals surface area contributed by atoms with Crippen LogP contribution in [0.2, 0.25) is 0 Å². The van der Waals surface area contributed by atoms with Gasteiger partial charge in [0.25, 0.3) is 0 Å². The van der Waals surface area contributed by atoms with Crippen molar-refractivity contribution in [3.8, 4) is 11.4 Å². The molecule has 6 bridgehead atoms. The second-order valence-electron chi connectivity index (χ2n) is 7.43. The van der Waals surface area contributed by atoms with E-state index >= 15 is 0 Å². The van der Waals surface area contributed by atoms with Crippen LogP contribution < -0.4 is 10.1 Å². The molecule has 10 nitrogen and oxygen atoms in total. The second kappa shape index (κ2) is 8.50. The van der Waals surface area contributed by atoms with Crippen molar-refractivity contribution in [1.29, 1.82) is 0 Å². The highest BCUT2D eigenvalue weighted by Gasteiger charge is 2.13. The number of hydrogen-bond acceptors (Lipinski definition) is 7. The van der Waals surface area contributed by atoms with E-state index in [2.05, 4.69) is 30.7 Å². The van der Waals surface area contributed by atoms with Crippen LogP contribution >= 0.6 is 0 Å². The zero-order chi connectivity index (χ0) is 21.0. The molecular formula is C21H22N8O2. The quantitative estimate of drug-likeness (QED) is 0.462. The Labute approximate surface area is 178 Å². The fourth-order valence-corrected chi connectivity index (χ4v) is 3.44. The number of rotatable bonds is 0. The number of fused-ring (bicyclic) bond motifs is 10. The van der Waals surface area contributed by atoms with Crippen molar-refractivity contribution in [1.82, 2.24) is 40.1 Å². The number of hydrogen-bond donors (Lipinski definition) is 1. The van der Waals surface area contributed by atoms with E-state index in [1.165, 1.54) is 0 Å². The molecule has 2 aliphatic rings. The van der Waals surface area contributed by atoms with Crippen molar-refractivity contribution in [2.75, 3.05) is 13.2 Å². The zero-order valence-electron chi connectivity index (χ0n) is 16.9. The molecule has 2 aliphatic heterocycles. The second-order valence-corrected chi connectivity index (χ2v) is 7.43. The Morgan fingerprint density at radius 3 is 2.90 bits per heavy atom. The summed E-state index contributed by atoms with van der Waals surface area (Å²) in [6, 6.07) is 7.95. The van der Waals surface area contributed by atoms with Crippen LogP contribution in [0.3, 0.4) is 0 Å². The molecule has 1 N–H and O–H groups in total. The predicted molar refractivity (Wildman–Crippen MR) is 112 cm³/mol. The fraction of sp³-hybridized carbons (Fsp3) is 0.333. The Morgan fingerprint density at radius 1 is 1.10 bits per heavy atom. The van der Waals surface area contributed by atoms with Crippen LogP contribution in [0.4, 0.5) is 0 Å². The lowest BCUT2D eigenvalue weighted by Crippen LogP contribution is -2.25. The predicted octanol–water partition coefficient (Wildman–Crippen LogP) is 1.68. The van der Waals surface area contributed by atoms with Gasteiger partial charge in [0.1, 0.15) is 17.3 Å². The molecule has 0 atom stereocenters. The Hall–Kier alpha value is -3.82. The number of aryl methyl sites for hydroxylation is 1. The molecule has 158 valence electrons. The van der Waals surface area contributed by atoms with Crippen LogP contribution in [-0.4, -0.2) is 53.8 Å². The first-order valence-electron chi connectivity index (χ1n) is 10.3. The summed E-state index contributed by atoms with van der Waals surface area (Å²) in [6.07, 6.45) is 7.90. The summed E-state index contributed by atoms with van der Waals surface area (Å²) < 4.78 is 9.16. The molecule has 3 aromatic heterocycles. The molecule has 5 heterocycles. The first-order valence-corrected chi connectivity index (χ1v) is 10.3. The molecule has 10 heteroatoms. The first-order chi connectivity index (χ1) is 15.2. The summed E-state index contributed by atoms with van der Waals surface area (Å²) in [5.41, 5.74) is 3.05. The molecule has 0 spiro atoms. The summed E-state index contributed by atoms with van der Waals surface area (Å²) in [7, 11) is 0. The van der Waals surface area contributed by atoms with Gasteiger partial charge in [0.15, 0.2) is 11.2 Å². The van der Waals surface area contributed by atoms with Crippen LogP contribution in [0.1, 0.15) is 30.7 Å². The molecule has 0 unspecified atom stereocenters.